The fourth-order valence-electron chi connectivity index (χ4n) is 2.80. The van der Waals surface area contributed by atoms with Gasteiger partial charge in [-0.2, -0.15) is 0 Å². The minimum absolute atomic E-state index is 0. The van der Waals surface area contributed by atoms with Crippen LogP contribution in [0.15, 0.2) is 40.5 Å². The number of likely N-dealkylation sites (N-methyl/N-ethyl adjacent to an activating group) is 1. The maximum Gasteiger partial charge on any atom is 0.0665 e. The van der Waals surface area contributed by atoms with Gasteiger partial charge in [0.05, 0.1) is 11.6 Å². The molecule has 0 N–H and O–H groups in total. The van der Waals surface area contributed by atoms with E-state index >= 15 is 0 Å². The van der Waals surface area contributed by atoms with Crippen molar-refractivity contribution >= 4 is 17.3 Å². The molecular weight excluding hydrogens is 541 g/mol. The maximum absolute atomic E-state index is 11.8. The van der Waals surface area contributed by atoms with Crippen LogP contribution >= 0.6 is 0 Å². The van der Waals surface area contributed by atoms with Crippen molar-refractivity contribution in [2.45, 2.75) is 6.42 Å². The van der Waals surface area contributed by atoms with Gasteiger partial charge in [0.25, 0.3) is 0 Å². The maximum atomic E-state index is 11.8. The number of fused-ring (bicyclic) bond motifs is 1. The number of aliphatic imine (C=N–C) groups is 1. The van der Waals surface area contributed by atoms with Crippen molar-refractivity contribution < 1.29 is 103 Å². The molecule has 0 unspecified atom stereocenters. The minimum atomic E-state index is -0.258. The van der Waals surface area contributed by atoms with E-state index in [1.165, 1.54) is 16.2 Å². The minimum Gasteiger partial charge on any atom is -0.456 e. The number of carbonyl (C=O) groups is 1. The standard InChI is InChI=1S/C18H19N3O.3Y/c1-12(18(22)20(3)4)13(2)21-10-15(11-21)17-9-14-7-5-6-8-16(14)19-17;;;/h1-2,5-8,15H,9-11H2,3-4H3;;;/q-2;;;. The molecule has 3 radical (unpaired) electrons. The van der Waals surface area contributed by atoms with Crippen molar-refractivity contribution in [3.8, 4) is 0 Å². The Morgan fingerprint density at radius 2 is 1.76 bits per heavy atom. The van der Waals surface area contributed by atoms with Crippen LogP contribution in [0, 0.1) is 19.1 Å². The van der Waals surface area contributed by atoms with Gasteiger partial charge in [0.1, 0.15) is 0 Å². The van der Waals surface area contributed by atoms with Gasteiger partial charge in [-0.3, -0.25) is 10.6 Å². The first-order valence-electron chi connectivity index (χ1n) is 7.34. The first-order valence-corrected chi connectivity index (χ1v) is 7.34. The molecular formula is C18H19N3OY3-2. The molecule has 2 aliphatic heterocycles. The zero-order valence-electron chi connectivity index (χ0n) is 14.6. The molecule has 1 aromatic carbocycles. The van der Waals surface area contributed by atoms with E-state index in [0.29, 0.717) is 11.6 Å². The average Bonchev–Trinajstić information content (AvgIpc) is 2.87. The van der Waals surface area contributed by atoms with Crippen LogP contribution in [0.25, 0.3) is 0 Å². The van der Waals surface area contributed by atoms with Gasteiger partial charge in [0.2, 0.25) is 0 Å². The Labute approximate surface area is 225 Å². The van der Waals surface area contributed by atoms with E-state index in [4.69, 9.17) is 18.2 Å². The number of amides is 1. The largest absolute Gasteiger partial charge is 0.456 e. The zero-order valence-corrected chi connectivity index (χ0v) is 23.2. The topological polar surface area (TPSA) is 35.9 Å². The Kier molecular flexibility index (Phi) is 11.5. The first-order chi connectivity index (χ1) is 10.5. The number of carbonyl (C=O) groups excluding carboxylic acids is 1. The predicted octanol–water partition coefficient (Wildman–Crippen LogP) is 2.00. The molecule has 1 amide bonds. The summed E-state index contributed by atoms with van der Waals surface area (Å²) in [5.74, 6) is 0.125. The number of hydrogen-bond donors (Lipinski definition) is 0. The van der Waals surface area contributed by atoms with E-state index in [9.17, 15) is 4.79 Å². The molecule has 1 aromatic rings. The molecule has 4 nitrogen and oxygen atoms in total. The zero-order chi connectivity index (χ0) is 15.9. The third-order valence-electron chi connectivity index (χ3n) is 4.23. The molecule has 0 aromatic heterocycles. The summed E-state index contributed by atoms with van der Waals surface area (Å²) in [6, 6.07) is 8.20. The Morgan fingerprint density at radius 3 is 2.32 bits per heavy atom. The van der Waals surface area contributed by atoms with Gasteiger partial charge in [-0.25, -0.2) is 5.70 Å². The van der Waals surface area contributed by atoms with Crippen molar-refractivity contribution in [2.75, 3.05) is 27.2 Å². The second-order valence-electron chi connectivity index (χ2n) is 6.01. The van der Waals surface area contributed by atoms with Gasteiger partial charge in [-0.05, 0) is 25.7 Å². The van der Waals surface area contributed by atoms with E-state index < -0.39 is 0 Å². The van der Waals surface area contributed by atoms with Crippen LogP contribution in [0.2, 0.25) is 0 Å². The molecule has 123 valence electrons. The summed E-state index contributed by atoms with van der Waals surface area (Å²) in [5, 5.41) is 0. The second-order valence-corrected chi connectivity index (χ2v) is 6.01. The monoisotopic (exact) mass is 560 g/mol. The van der Waals surface area contributed by atoms with Crippen molar-refractivity contribution in [1.82, 2.24) is 9.80 Å². The fourth-order valence-corrected chi connectivity index (χ4v) is 2.80. The Morgan fingerprint density at radius 1 is 1.16 bits per heavy atom. The van der Waals surface area contributed by atoms with Crippen molar-refractivity contribution in [1.29, 1.82) is 0 Å². The van der Waals surface area contributed by atoms with Crippen LogP contribution in [0.4, 0.5) is 5.69 Å². The van der Waals surface area contributed by atoms with Crippen LogP contribution in [-0.2, 0) is 109 Å². The van der Waals surface area contributed by atoms with Crippen LogP contribution in [-0.4, -0.2) is 48.6 Å². The molecule has 0 atom stereocenters. The van der Waals surface area contributed by atoms with Gasteiger partial charge in [-0.15, -0.1) is 0 Å². The van der Waals surface area contributed by atoms with Gasteiger partial charge >= 0.3 is 0 Å². The van der Waals surface area contributed by atoms with Crippen molar-refractivity contribution in [2.24, 2.45) is 10.9 Å². The summed E-state index contributed by atoms with van der Waals surface area (Å²) in [5.41, 5.74) is 4.03. The van der Waals surface area contributed by atoms with Gasteiger partial charge < -0.3 is 27.8 Å². The molecule has 7 heteroatoms. The van der Waals surface area contributed by atoms with Gasteiger partial charge in [0.15, 0.2) is 0 Å². The Balaban J connectivity index is 0.00000192. The van der Waals surface area contributed by atoms with E-state index in [2.05, 4.69) is 6.07 Å². The van der Waals surface area contributed by atoms with E-state index in [1.807, 2.05) is 23.1 Å². The summed E-state index contributed by atoms with van der Waals surface area (Å²) in [6.45, 7) is 13.4. The Bertz CT molecular complexity index is 695. The van der Waals surface area contributed by atoms with Crippen molar-refractivity contribution in [3.63, 3.8) is 0 Å². The third kappa shape index (κ3) is 5.72. The van der Waals surface area contributed by atoms with Crippen LogP contribution in [0.1, 0.15) is 5.56 Å². The van der Waals surface area contributed by atoms with Crippen LogP contribution in [0.5, 0.6) is 0 Å². The summed E-state index contributed by atoms with van der Waals surface area (Å²) in [6.07, 6.45) is 0.907. The van der Waals surface area contributed by atoms with Crippen molar-refractivity contribution in [3.05, 3.63) is 54.3 Å². The average molecular weight is 560 g/mol. The number of nitrogens with zero attached hydrogens (tertiary/aromatic N) is 3. The summed E-state index contributed by atoms with van der Waals surface area (Å²) < 4.78 is 0. The molecule has 2 aliphatic rings. The SMILES string of the molecule is [CH-]=C(C(=[CH-])N1CC(C2=Nc3ccccc3C2)C1)C(=O)N(C)C.[Y].[Y].[Y]. The summed E-state index contributed by atoms with van der Waals surface area (Å²) in [7, 11) is 3.32. The molecule has 1 saturated heterocycles. The Hall–Kier alpha value is 0.952. The summed E-state index contributed by atoms with van der Waals surface area (Å²) in [4.78, 5) is 19.9. The smallest absolute Gasteiger partial charge is 0.0665 e. The molecule has 3 rings (SSSR count). The van der Waals surface area contributed by atoms with Gasteiger partial charge in [-0.1, -0.05) is 18.2 Å². The van der Waals surface area contributed by atoms with Gasteiger partial charge in [0, 0.05) is 129 Å². The number of rotatable bonds is 4. The molecule has 1 fully saturated rings. The second kappa shape index (κ2) is 11.1. The third-order valence-corrected chi connectivity index (χ3v) is 4.23. The molecule has 0 saturated carbocycles. The molecule has 2 heterocycles. The molecule has 0 aliphatic carbocycles. The first kappa shape index (κ1) is 26.0. The predicted molar refractivity (Wildman–Crippen MR) is 86.6 cm³/mol. The number of benzene rings is 1. The van der Waals surface area contributed by atoms with E-state index in [-0.39, 0.29) is 110 Å². The number of likely N-dealkylation sites (tertiary alicyclic amines) is 1. The summed E-state index contributed by atoms with van der Waals surface area (Å²) >= 11 is 0. The van der Waals surface area contributed by atoms with E-state index in [1.54, 1.807) is 14.1 Å². The van der Waals surface area contributed by atoms with E-state index in [0.717, 1.165) is 25.2 Å². The van der Waals surface area contributed by atoms with Crippen LogP contribution < -0.4 is 0 Å². The molecule has 25 heavy (non-hydrogen) atoms. The normalized spacial score (nSPS) is 14.6. The molecule has 0 spiro atoms. The van der Waals surface area contributed by atoms with Crippen LogP contribution in [0.3, 0.4) is 0 Å². The number of para-hydroxylation sites is 1. The fraction of sp³-hybridized carbons (Fsp3) is 0.333. The quantitative estimate of drug-likeness (QED) is 0.321. The molecule has 0 bridgehead atoms. The number of hydrogen-bond acceptors (Lipinski definition) is 3.